The lowest BCUT2D eigenvalue weighted by molar-refractivity contribution is -0.131. The van der Waals surface area contributed by atoms with E-state index in [2.05, 4.69) is 0 Å². The molecule has 1 fully saturated rings. The predicted octanol–water partition coefficient (Wildman–Crippen LogP) is 1.86. The highest BCUT2D eigenvalue weighted by Gasteiger charge is 2.26. The SMILES string of the molecule is CC(=O)Oc1ccc(C(=O)N2C[C@@H](C)O[C@H](C)C2)cc1. The minimum atomic E-state index is -0.375. The number of carbonyl (C=O) groups excluding carboxylic acids is 2. The minimum absolute atomic E-state index is 0.0265. The van der Waals surface area contributed by atoms with Crippen molar-refractivity contribution in [2.45, 2.75) is 33.0 Å². The lowest BCUT2D eigenvalue weighted by Crippen LogP contribution is -2.48. The maximum atomic E-state index is 12.4. The molecule has 0 spiro atoms. The summed E-state index contributed by atoms with van der Waals surface area (Å²) in [5.41, 5.74) is 0.585. The van der Waals surface area contributed by atoms with Crippen molar-refractivity contribution in [3.63, 3.8) is 0 Å². The van der Waals surface area contributed by atoms with Crippen LogP contribution in [0.4, 0.5) is 0 Å². The molecule has 1 aliphatic rings. The zero-order valence-electron chi connectivity index (χ0n) is 12.0. The van der Waals surface area contributed by atoms with Gasteiger partial charge in [0.25, 0.3) is 5.91 Å². The Kier molecular flexibility index (Phi) is 4.39. The van der Waals surface area contributed by atoms with Gasteiger partial charge in [0.05, 0.1) is 12.2 Å². The first kappa shape index (κ1) is 14.5. The second kappa shape index (κ2) is 6.05. The predicted molar refractivity (Wildman–Crippen MR) is 73.7 cm³/mol. The molecule has 1 amide bonds. The second-order valence-electron chi connectivity index (χ2n) is 5.09. The summed E-state index contributed by atoms with van der Waals surface area (Å²) in [6.45, 7) is 6.44. The summed E-state index contributed by atoms with van der Waals surface area (Å²) in [6.07, 6.45) is 0.0889. The number of nitrogens with zero attached hydrogens (tertiary/aromatic N) is 1. The van der Waals surface area contributed by atoms with E-state index in [9.17, 15) is 9.59 Å². The molecular weight excluding hydrogens is 258 g/mol. The fourth-order valence-corrected chi connectivity index (χ4v) is 2.36. The summed E-state index contributed by atoms with van der Waals surface area (Å²) < 4.78 is 10.6. The van der Waals surface area contributed by atoms with Crippen LogP contribution in [0.2, 0.25) is 0 Å². The zero-order chi connectivity index (χ0) is 14.7. The Morgan fingerprint density at radius 1 is 1.15 bits per heavy atom. The van der Waals surface area contributed by atoms with Crippen molar-refractivity contribution in [3.8, 4) is 5.75 Å². The highest BCUT2D eigenvalue weighted by Crippen LogP contribution is 2.17. The molecule has 0 aromatic heterocycles. The Morgan fingerprint density at radius 2 is 1.70 bits per heavy atom. The van der Waals surface area contributed by atoms with E-state index in [1.807, 2.05) is 13.8 Å². The van der Waals surface area contributed by atoms with E-state index in [1.165, 1.54) is 6.92 Å². The van der Waals surface area contributed by atoms with Crippen molar-refractivity contribution < 1.29 is 19.1 Å². The van der Waals surface area contributed by atoms with Crippen molar-refractivity contribution in [3.05, 3.63) is 29.8 Å². The van der Waals surface area contributed by atoms with Gasteiger partial charge in [-0.3, -0.25) is 9.59 Å². The molecule has 1 aromatic carbocycles. The number of rotatable bonds is 2. The summed E-state index contributed by atoms with van der Waals surface area (Å²) in [4.78, 5) is 25.0. The van der Waals surface area contributed by atoms with Crippen molar-refractivity contribution in [2.75, 3.05) is 13.1 Å². The number of ether oxygens (including phenoxy) is 2. The van der Waals surface area contributed by atoms with Gasteiger partial charge in [-0.2, -0.15) is 0 Å². The normalized spacial score (nSPS) is 22.4. The van der Waals surface area contributed by atoms with Crippen LogP contribution in [-0.4, -0.2) is 42.1 Å². The van der Waals surface area contributed by atoms with E-state index < -0.39 is 0 Å². The first-order valence-corrected chi connectivity index (χ1v) is 6.69. The largest absolute Gasteiger partial charge is 0.427 e. The highest BCUT2D eigenvalue weighted by molar-refractivity contribution is 5.94. The molecule has 2 atom stereocenters. The summed E-state index contributed by atoms with van der Waals surface area (Å²) in [7, 11) is 0. The van der Waals surface area contributed by atoms with E-state index in [-0.39, 0.29) is 24.1 Å². The molecular formula is C15H19NO4. The van der Waals surface area contributed by atoms with Crippen molar-refractivity contribution >= 4 is 11.9 Å². The van der Waals surface area contributed by atoms with Crippen LogP contribution in [-0.2, 0) is 9.53 Å². The van der Waals surface area contributed by atoms with Gasteiger partial charge in [0.2, 0.25) is 0 Å². The Labute approximate surface area is 118 Å². The standard InChI is InChI=1S/C15H19NO4/c1-10-8-16(9-11(2)19-10)15(18)13-4-6-14(7-5-13)20-12(3)17/h4-7,10-11H,8-9H2,1-3H3/t10-,11-/m1/s1. The third kappa shape index (κ3) is 3.57. The smallest absolute Gasteiger partial charge is 0.308 e. The van der Waals surface area contributed by atoms with Crippen LogP contribution in [0.3, 0.4) is 0 Å². The fourth-order valence-electron chi connectivity index (χ4n) is 2.36. The van der Waals surface area contributed by atoms with Crippen LogP contribution in [0.25, 0.3) is 0 Å². The van der Waals surface area contributed by atoms with Crippen molar-refractivity contribution in [1.29, 1.82) is 0 Å². The fraction of sp³-hybridized carbons (Fsp3) is 0.467. The van der Waals surface area contributed by atoms with Gasteiger partial charge < -0.3 is 14.4 Å². The number of morpholine rings is 1. The number of benzene rings is 1. The molecule has 1 heterocycles. The Bertz CT molecular complexity index is 487. The van der Waals surface area contributed by atoms with Crippen molar-refractivity contribution in [1.82, 2.24) is 4.90 Å². The van der Waals surface area contributed by atoms with E-state index in [4.69, 9.17) is 9.47 Å². The van der Waals surface area contributed by atoms with Gasteiger partial charge in [0.15, 0.2) is 0 Å². The number of hydrogen-bond donors (Lipinski definition) is 0. The molecule has 0 aliphatic carbocycles. The quantitative estimate of drug-likeness (QED) is 0.611. The van der Waals surface area contributed by atoms with E-state index >= 15 is 0 Å². The molecule has 5 nitrogen and oxygen atoms in total. The zero-order valence-corrected chi connectivity index (χ0v) is 12.0. The molecule has 1 saturated heterocycles. The highest BCUT2D eigenvalue weighted by atomic mass is 16.5. The van der Waals surface area contributed by atoms with Gasteiger partial charge in [-0.1, -0.05) is 0 Å². The van der Waals surface area contributed by atoms with E-state index in [0.29, 0.717) is 24.4 Å². The van der Waals surface area contributed by atoms with E-state index in [1.54, 1.807) is 29.2 Å². The van der Waals surface area contributed by atoms with Gasteiger partial charge >= 0.3 is 5.97 Å². The lowest BCUT2D eigenvalue weighted by Gasteiger charge is -2.35. The maximum absolute atomic E-state index is 12.4. The first-order chi connectivity index (χ1) is 9.45. The third-order valence-electron chi connectivity index (χ3n) is 3.07. The minimum Gasteiger partial charge on any atom is -0.427 e. The Morgan fingerprint density at radius 3 is 2.20 bits per heavy atom. The molecule has 0 unspecified atom stereocenters. The molecule has 108 valence electrons. The summed E-state index contributed by atoms with van der Waals surface area (Å²) in [5, 5.41) is 0. The van der Waals surface area contributed by atoms with Crippen molar-refractivity contribution in [2.24, 2.45) is 0 Å². The molecule has 2 rings (SSSR count). The van der Waals surface area contributed by atoms with Gasteiger partial charge in [0, 0.05) is 25.6 Å². The van der Waals surface area contributed by atoms with Gasteiger partial charge in [-0.15, -0.1) is 0 Å². The number of esters is 1. The number of carbonyl (C=O) groups is 2. The third-order valence-corrected chi connectivity index (χ3v) is 3.07. The first-order valence-electron chi connectivity index (χ1n) is 6.69. The van der Waals surface area contributed by atoms with Crippen LogP contribution in [0.1, 0.15) is 31.1 Å². The van der Waals surface area contributed by atoms with Crippen LogP contribution in [0, 0.1) is 0 Å². The van der Waals surface area contributed by atoms with Crippen LogP contribution in [0.5, 0.6) is 5.75 Å². The summed E-state index contributed by atoms with van der Waals surface area (Å²) in [6, 6.07) is 6.60. The van der Waals surface area contributed by atoms with E-state index in [0.717, 1.165) is 0 Å². The van der Waals surface area contributed by atoms with Gasteiger partial charge in [0.1, 0.15) is 5.75 Å². The molecule has 0 saturated carbocycles. The average Bonchev–Trinajstić information content (AvgIpc) is 2.37. The molecule has 0 radical (unpaired) electrons. The molecule has 20 heavy (non-hydrogen) atoms. The monoisotopic (exact) mass is 277 g/mol. The number of hydrogen-bond acceptors (Lipinski definition) is 4. The van der Waals surface area contributed by atoms with Gasteiger partial charge in [-0.05, 0) is 38.1 Å². The van der Waals surface area contributed by atoms with Crippen LogP contribution in [0.15, 0.2) is 24.3 Å². The maximum Gasteiger partial charge on any atom is 0.308 e. The Balaban J connectivity index is 2.07. The summed E-state index contributed by atoms with van der Waals surface area (Å²) in [5.74, 6) is 0.0408. The number of amides is 1. The topological polar surface area (TPSA) is 55.8 Å². The molecule has 1 aliphatic heterocycles. The molecule has 5 heteroatoms. The Hall–Kier alpha value is -1.88. The second-order valence-corrected chi connectivity index (χ2v) is 5.09. The van der Waals surface area contributed by atoms with Gasteiger partial charge in [-0.25, -0.2) is 0 Å². The van der Waals surface area contributed by atoms with Crippen LogP contribution >= 0.6 is 0 Å². The molecule has 0 bridgehead atoms. The van der Waals surface area contributed by atoms with Crippen LogP contribution < -0.4 is 4.74 Å². The average molecular weight is 277 g/mol. The lowest BCUT2D eigenvalue weighted by atomic mass is 10.1. The summed E-state index contributed by atoms with van der Waals surface area (Å²) >= 11 is 0. The molecule has 1 aromatic rings. The molecule has 0 N–H and O–H groups in total.